The van der Waals surface area contributed by atoms with Gasteiger partial charge in [0.2, 0.25) is 11.8 Å². The van der Waals surface area contributed by atoms with Gasteiger partial charge in [0.1, 0.15) is 0 Å². The predicted molar refractivity (Wildman–Crippen MR) is 165 cm³/mol. The molecule has 3 aromatic rings. The first-order valence-electron chi connectivity index (χ1n) is 14.0. The lowest BCUT2D eigenvalue weighted by Gasteiger charge is -2.24. The number of rotatable bonds is 14. The van der Waals surface area contributed by atoms with Crippen LogP contribution in [0.4, 0.5) is 5.69 Å². The van der Waals surface area contributed by atoms with E-state index in [1.807, 2.05) is 56.3 Å². The summed E-state index contributed by atoms with van der Waals surface area (Å²) in [6, 6.07) is 19.8. The molecule has 0 aliphatic rings. The molecular formula is C34H40N2O6. The van der Waals surface area contributed by atoms with E-state index in [1.165, 1.54) is 19.8 Å². The van der Waals surface area contributed by atoms with Gasteiger partial charge in [0.25, 0.3) is 0 Å². The Bertz CT molecular complexity index is 1400. The Kier molecular flexibility index (Phi) is 11.7. The Morgan fingerprint density at radius 3 is 2.19 bits per heavy atom. The molecule has 0 saturated carbocycles. The van der Waals surface area contributed by atoms with Gasteiger partial charge in [0.05, 0.1) is 26.7 Å². The Balaban J connectivity index is 1.69. The van der Waals surface area contributed by atoms with Gasteiger partial charge in [-0.05, 0) is 65.8 Å². The van der Waals surface area contributed by atoms with Crippen molar-refractivity contribution in [1.82, 2.24) is 5.32 Å². The second kappa shape index (κ2) is 15.4. The third kappa shape index (κ3) is 9.51. The van der Waals surface area contributed by atoms with Crippen LogP contribution in [0.2, 0.25) is 0 Å². The summed E-state index contributed by atoms with van der Waals surface area (Å²) in [6.07, 6.45) is 4.17. The van der Waals surface area contributed by atoms with Gasteiger partial charge in [-0.15, -0.1) is 0 Å². The molecule has 2 atom stereocenters. The lowest BCUT2D eigenvalue weighted by molar-refractivity contribution is -0.138. The Morgan fingerprint density at radius 1 is 0.881 bits per heavy atom. The predicted octanol–water partition coefficient (Wildman–Crippen LogP) is 6.51. The molecule has 3 aromatic carbocycles. The first-order valence-corrected chi connectivity index (χ1v) is 14.0. The zero-order valence-corrected chi connectivity index (χ0v) is 24.8. The monoisotopic (exact) mass is 572 g/mol. The molecule has 0 fully saturated rings. The Labute approximate surface area is 247 Å². The summed E-state index contributed by atoms with van der Waals surface area (Å²) < 4.78 is 10.6. The highest BCUT2D eigenvalue weighted by atomic mass is 16.5. The molecule has 0 aliphatic carbocycles. The van der Waals surface area contributed by atoms with E-state index in [9.17, 15) is 19.5 Å². The highest BCUT2D eigenvalue weighted by Crippen LogP contribution is 2.31. The van der Waals surface area contributed by atoms with Gasteiger partial charge in [0, 0.05) is 18.0 Å². The molecule has 42 heavy (non-hydrogen) atoms. The van der Waals surface area contributed by atoms with Crippen molar-refractivity contribution < 1.29 is 29.0 Å². The fraction of sp³-hybridized carbons (Fsp3) is 0.324. The van der Waals surface area contributed by atoms with E-state index in [1.54, 1.807) is 18.2 Å². The molecule has 0 radical (unpaired) electrons. The normalized spacial score (nSPS) is 12.5. The molecule has 0 bridgehead atoms. The number of anilines is 1. The van der Waals surface area contributed by atoms with Crippen LogP contribution in [0.15, 0.2) is 66.7 Å². The highest BCUT2D eigenvalue weighted by molar-refractivity contribution is 5.94. The second-order valence-corrected chi connectivity index (χ2v) is 10.7. The number of aliphatic carboxylic acids is 1. The van der Waals surface area contributed by atoms with E-state index >= 15 is 0 Å². The summed E-state index contributed by atoms with van der Waals surface area (Å²) in [6.45, 7) is 6.02. The molecule has 8 heteroatoms. The van der Waals surface area contributed by atoms with Crippen LogP contribution in [0.25, 0.3) is 12.2 Å². The van der Waals surface area contributed by atoms with Gasteiger partial charge < -0.3 is 25.2 Å². The number of carbonyl (C=O) groups is 3. The van der Waals surface area contributed by atoms with Crippen molar-refractivity contribution in [2.24, 2.45) is 11.8 Å². The number of amides is 2. The first-order chi connectivity index (χ1) is 20.1. The van der Waals surface area contributed by atoms with Crippen LogP contribution in [0.3, 0.4) is 0 Å². The topological polar surface area (TPSA) is 114 Å². The van der Waals surface area contributed by atoms with Crippen LogP contribution in [-0.2, 0) is 14.4 Å². The van der Waals surface area contributed by atoms with Crippen molar-refractivity contribution in [2.75, 3.05) is 19.5 Å². The average molecular weight is 573 g/mol. The molecule has 222 valence electrons. The third-order valence-electron chi connectivity index (χ3n) is 6.90. The SMILES string of the molecule is COc1ccc(C(CC(=O)O)NC(=O)C(CC(=O)Nc2ccc(C=Cc3ccccc3C)cc2)CC(C)C)cc1OC. The zero-order valence-electron chi connectivity index (χ0n) is 24.8. The number of benzene rings is 3. The van der Waals surface area contributed by atoms with E-state index in [0.29, 0.717) is 29.2 Å². The van der Waals surface area contributed by atoms with Crippen LogP contribution < -0.4 is 20.1 Å². The first kappa shape index (κ1) is 31.9. The van der Waals surface area contributed by atoms with Crippen LogP contribution in [0.1, 0.15) is 61.4 Å². The van der Waals surface area contributed by atoms with Crippen molar-refractivity contribution in [3.8, 4) is 11.5 Å². The molecule has 0 saturated heterocycles. The molecule has 0 heterocycles. The molecule has 0 aliphatic heterocycles. The zero-order chi connectivity index (χ0) is 30.6. The van der Waals surface area contributed by atoms with Gasteiger partial charge >= 0.3 is 5.97 Å². The van der Waals surface area contributed by atoms with Crippen LogP contribution in [0, 0.1) is 18.8 Å². The van der Waals surface area contributed by atoms with Gasteiger partial charge in [0.15, 0.2) is 11.5 Å². The molecule has 8 nitrogen and oxygen atoms in total. The van der Waals surface area contributed by atoms with Gasteiger partial charge in [-0.1, -0.05) is 68.5 Å². The maximum atomic E-state index is 13.4. The minimum Gasteiger partial charge on any atom is -0.493 e. The van der Waals surface area contributed by atoms with Crippen molar-refractivity contribution in [1.29, 1.82) is 0 Å². The molecule has 3 N–H and O–H groups in total. The van der Waals surface area contributed by atoms with Gasteiger partial charge in [-0.3, -0.25) is 14.4 Å². The van der Waals surface area contributed by atoms with E-state index in [2.05, 4.69) is 35.8 Å². The highest BCUT2D eigenvalue weighted by Gasteiger charge is 2.27. The minimum absolute atomic E-state index is 0.0370. The molecule has 0 aromatic heterocycles. The number of nitrogens with one attached hydrogen (secondary N) is 2. The molecular weight excluding hydrogens is 532 g/mol. The van der Waals surface area contributed by atoms with E-state index < -0.39 is 17.9 Å². The second-order valence-electron chi connectivity index (χ2n) is 10.7. The van der Waals surface area contributed by atoms with Crippen molar-refractivity contribution in [2.45, 2.75) is 46.1 Å². The molecule has 0 spiro atoms. The van der Waals surface area contributed by atoms with E-state index in [4.69, 9.17) is 9.47 Å². The van der Waals surface area contributed by atoms with Gasteiger partial charge in [-0.25, -0.2) is 0 Å². The summed E-state index contributed by atoms with van der Waals surface area (Å²) in [5, 5.41) is 15.3. The lowest BCUT2D eigenvalue weighted by atomic mass is 9.92. The van der Waals surface area contributed by atoms with E-state index in [-0.39, 0.29) is 30.6 Å². The number of methoxy groups -OCH3 is 2. The number of aryl methyl sites for hydroxylation is 1. The summed E-state index contributed by atoms with van der Waals surface area (Å²) in [4.78, 5) is 38.1. The van der Waals surface area contributed by atoms with Crippen LogP contribution in [-0.4, -0.2) is 37.1 Å². The maximum absolute atomic E-state index is 13.4. The summed E-state index contributed by atoms with van der Waals surface area (Å²) >= 11 is 0. The minimum atomic E-state index is -1.06. The summed E-state index contributed by atoms with van der Waals surface area (Å²) in [5.41, 5.74) is 4.52. The van der Waals surface area contributed by atoms with Crippen molar-refractivity contribution in [3.05, 3.63) is 89.0 Å². The van der Waals surface area contributed by atoms with Gasteiger partial charge in [-0.2, -0.15) is 0 Å². The Morgan fingerprint density at radius 2 is 1.57 bits per heavy atom. The quantitative estimate of drug-likeness (QED) is 0.190. The average Bonchev–Trinajstić information content (AvgIpc) is 2.96. The smallest absolute Gasteiger partial charge is 0.305 e. The van der Waals surface area contributed by atoms with E-state index in [0.717, 1.165) is 11.1 Å². The number of carbonyl (C=O) groups excluding carboxylic acids is 2. The lowest BCUT2D eigenvalue weighted by Crippen LogP contribution is -2.37. The summed E-state index contributed by atoms with van der Waals surface area (Å²) in [5.74, 6) is -1.31. The molecule has 2 amide bonds. The fourth-order valence-corrected chi connectivity index (χ4v) is 4.71. The fourth-order valence-electron chi connectivity index (χ4n) is 4.71. The standard InChI is InChI=1S/C34H40N2O6/c1-22(2)18-27(34(40)36-29(21-33(38)39)26-14-17-30(41-4)31(19-26)42-5)20-32(37)35-28-15-11-24(12-16-28)10-13-25-9-7-6-8-23(25)3/h6-17,19,22,27,29H,18,20-21H2,1-5H3,(H,35,37)(H,36,40)(H,38,39). The Hall–Kier alpha value is -4.59. The number of ether oxygens (including phenoxy) is 2. The summed E-state index contributed by atoms with van der Waals surface area (Å²) in [7, 11) is 2.99. The van der Waals surface area contributed by atoms with Crippen LogP contribution in [0.5, 0.6) is 11.5 Å². The number of hydrogen-bond acceptors (Lipinski definition) is 5. The van der Waals surface area contributed by atoms with Crippen molar-refractivity contribution in [3.63, 3.8) is 0 Å². The number of carboxylic acids is 1. The molecule has 2 unspecified atom stereocenters. The largest absolute Gasteiger partial charge is 0.493 e. The number of carboxylic acid groups (broad SMARTS) is 1. The molecule has 3 rings (SSSR count). The maximum Gasteiger partial charge on any atom is 0.305 e. The number of hydrogen-bond donors (Lipinski definition) is 3. The van der Waals surface area contributed by atoms with Crippen LogP contribution >= 0.6 is 0 Å². The van der Waals surface area contributed by atoms with Crippen molar-refractivity contribution >= 4 is 35.6 Å². The third-order valence-corrected chi connectivity index (χ3v) is 6.90.